The number of fused-ring (bicyclic) bond motifs is 1. The number of nitrogens with one attached hydrogen (secondary N) is 1. The second kappa shape index (κ2) is 3.15. The summed E-state index contributed by atoms with van der Waals surface area (Å²) in [4.78, 5) is 17.3. The van der Waals surface area contributed by atoms with Gasteiger partial charge in [0.05, 0.1) is 16.1 Å². The molecule has 0 radical (unpaired) electrons. The van der Waals surface area contributed by atoms with Crippen molar-refractivity contribution in [2.24, 2.45) is 0 Å². The molecule has 0 aliphatic carbocycles. The molecule has 4 nitrogen and oxygen atoms in total. The molecule has 2 aromatic rings. The molecular formula is C8H4Cl2N2O2. The maximum atomic E-state index is 10.7. The van der Waals surface area contributed by atoms with E-state index in [0.717, 1.165) is 0 Å². The van der Waals surface area contributed by atoms with E-state index in [9.17, 15) is 4.79 Å². The van der Waals surface area contributed by atoms with E-state index >= 15 is 0 Å². The smallest absolute Gasteiger partial charge is 0.337 e. The number of H-pyrrole nitrogens is 1. The molecule has 0 saturated carbocycles. The van der Waals surface area contributed by atoms with Gasteiger partial charge in [-0.05, 0) is 23.7 Å². The van der Waals surface area contributed by atoms with Gasteiger partial charge in [0.2, 0.25) is 5.28 Å². The Morgan fingerprint density at radius 3 is 2.79 bits per heavy atom. The second-order valence-corrected chi connectivity index (χ2v) is 3.39. The predicted molar refractivity (Wildman–Crippen MR) is 53.1 cm³/mol. The molecule has 14 heavy (non-hydrogen) atoms. The Bertz CT molecular complexity index is 521. The summed E-state index contributed by atoms with van der Waals surface area (Å²) in [5.41, 5.74) is 1.00. The van der Waals surface area contributed by atoms with E-state index in [1.54, 1.807) is 6.07 Å². The van der Waals surface area contributed by atoms with Crippen LogP contribution in [0, 0.1) is 0 Å². The van der Waals surface area contributed by atoms with E-state index in [1.165, 1.54) is 6.07 Å². The minimum Gasteiger partial charge on any atom is -0.478 e. The number of halogens is 2. The van der Waals surface area contributed by atoms with E-state index in [2.05, 4.69) is 9.97 Å². The highest BCUT2D eigenvalue weighted by molar-refractivity contribution is 6.38. The van der Waals surface area contributed by atoms with Crippen LogP contribution in [0.2, 0.25) is 10.3 Å². The number of rotatable bonds is 1. The zero-order valence-corrected chi connectivity index (χ0v) is 8.23. The predicted octanol–water partition coefficient (Wildman–Crippen LogP) is 2.57. The van der Waals surface area contributed by atoms with Gasteiger partial charge in [-0.2, -0.15) is 0 Å². The van der Waals surface area contributed by atoms with Crippen molar-refractivity contribution in [2.45, 2.75) is 0 Å². The van der Waals surface area contributed by atoms with Crippen LogP contribution in [-0.4, -0.2) is 21.0 Å². The topological polar surface area (TPSA) is 66.0 Å². The van der Waals surface area contributed by atoms with E-state index in [0.29, 0.717) is 11.0 Å². The molecule has 0 spiro atoms. The molecule has 2 N–H and O–H groups in total. The summed E-state index contributed by atoms with van der Waals surface area (Å²) < 4.78 is 0. The number of aromatic nitrogens is 2. The van der Waals surface area contributed by atoms with Crippen LogP contribution in [0.1, 0.15) is 10.4 Å². The average Bonchev–Trinajstić information content (AvgIpc) is 2.46. The molecule has 6 heteroatoms. The van der Waals surface area contributed by atoms with Crippen molar-refractivity contribution in [2.75, 3.05) is 0 Å². The Morgan fingerprint density at radius 2 is 2.14 bits per heavy atom. The normalized spacial score (nSPS) is 10.7. The fourth-order valence-electron chi connectivity index (χ4n) is 1.18. The Labute approximate surface area is 88.5 Å². The van der Waals surface area contributed by atoms with E-state index in [-0.39, 0.29) is 15.9 Å². The first-order valence-corrected chi connectivity index (χ1v) is 4.42. The maximum Gasteiger partial charge on any atom is 0.337 e. The first kappa shape index (κ1) is 9.30. The summed E-state index contributed by atoms with van der Waals surface area (Å²) >= 11 is 11.4. The van der Waals surface area contributed by atoms with Gasteiger partial charge in [0.1, 0.15) is 5.52 Å². The lowest BCUT2D eigenvalue weighted by atomic mass is 10.2. The molecule has 0 aliphatic heterocycles. The SMILES string of the molecule is O=C(O)c1ccc2[nH]c(Cl)nc2c1Cl. The van der Waals surface area contributed by atoms with Gasteiger partial charge in [-0.15, -0.1) is 0 Å². The Morgan fingerprint density at radius 1 is 1.43 bits per heavy atom. The number of carboxylic acid groups (broad SMARTS) is 1. The van der Waals surface area contributed by atoms with Crippen LogP contribution in [0.5, 0.6) is 0 Å². The minimum atomic E-state index is -1.09. The third-order valence-electron chi connectivity index (χ3n) is 1.79. The van der Waals surface area contributed by atoms with Gasteiger partial charge < -0.3 is 10.1 Å². The van der Waals surface area contributed by atoms with Gasteiger partial charge in [0, 0.05) is 0 Å². The Hall–Kier alpha value is -1.26. The molecule has 2 rings (SSSR count). The number of aromatic amines is 1. The van der Waals surface area contributed by atoms with Crippen LogP contribution in [0.4, 0.5) is 0 Å². The van der Waals surface area contributed by atoms with Crippen molar-refractivity contribution in [1.29, 1.82) is 0 Å². The lowest BCUT2D eigenvalue weighted by Crippen LogP contribution is -1.97. The average molecular weight is 231 g/mol. The largest absolute Gasteiger partial charge is 0.478 e. The van der Waals surface area contributed by atoms with Gasteiger partial charge in [0.25, 0.3) is 0 Å². The van der Waals surface area contributed by atoms with Crippen molar-refractivity contribution in [3.8, 4) is 0 Å². The van der Waals surface area contributed by atoms with E-state index < -0.39 is 5.97 Å². The first-order chi connectivity index (χ1) is 6.59. The minimum absolute atomic E-state index is 0.0160. The van der Waals surface area contributed by atoms with Gasteiger partial charge >= 0.3 is 5.97 Å². The molecular weight excluding hydrogens is 227 g/mol. The summed E-state index contributed by atoms with van der Waals surface area (Å²) in [6.07, 6.45) is 0. The van der Waals surface area contributed by atoms with Crippen molar-refractivity contribution in [3.05, 3.63) is 28.0 Å². The number of nitrogens with zero attached hydrogens (tertiary/aromatic N) is 1. The van der Waals surface area contributed by atoms with E-state index in [4.69, 9.17) is 28.3 Å². The summed E-state index contributed by atoms with van der Waals surface area (Å²) in [7, 11) is 0. The van der Waals surface area contributed by atoms with Crippen LogP contribution in [0.3, 0.4) is 0 Å². The molecule has 0 amide bonds. The summed E-state index contributed by atoms with van der Waals surface area (Å²) in [5, 5.41) is 9.06. The monoisotopic (exact) mass is 230 g/mol. The quantitative estimate of drug-likeness (QED) is 0.792. The third-order valence-corrected chi connectivity index (χ3v) is 2.36. The molecule has 0 saturated heterocycles. The Kier molecular flexibility index (Phi) is 2.09. The van der Waals surface area contributed by atoms with Crippen molar-refractivity contribution in [3.63, 3.8) is 0 Å². The molecule has 1 aromatic heterocycles. The number of hydrogen-bond donors (Lipinski definition) is 2. The highest BCUT2D eigenvalue weighted by Crippen LogP contribution is 2.26. The van der Waals surface area contributed by atoms with Crippen LogP contribution in [-0.2, 0) is 0 Å². The number of benzene rings is 1. The number of imidazole rings is 1. The first-order valence-electron chi connectivity index (χ1n) is 3.66. The maximum absolute atomic E-state index is 10.7. The fraction of sp³-hybridized carbons (Fsp3) is 0. The van der Waals surface area contributed by atoms with Crippen molar-refractivity contribution in [1.82, 2.24) is 9.97 Å². The van der Waals surface area contributed by atoms with Gasteiger partial charge in [-0.1, -0.05) is 11.6 Å². The van der Waals surface area contributed by atoms with Crippen LogP contribution in [0.15, 0.2) is 12.1 Å². The van der Waals surface area contributed by atoms with Crippen molar-refractivity contribution < 1.29 is 9.90 Å². The lowest BCUT2D eigenvalue weighted by Gasteiger charge is -1.97. The zero-order chi connectivity index (χ0) is 10.3. The second-order valence-electron chi connectivity index (χ2n) is 2.66. The summed E-state index contributed by atoms with van der Waals surface area (Å²) in [5.74, 6) is -1.09. The number of aromatic carboxylic acids is 1. The molecule has 0 fully saturated rings. The van der Waals surface area contributed by atoms with Crippen LogP contribution in [0.25, 0.3) is 11.0 Å². The fourth-order valence-corrected chi connectivity index (χ4v) is 1.65. The molecule has 1 heterocycles. The molecule has 0 atom stereocenters. The van der Waals surface area contributed by atoms with Crippen LogP contribution >= 0.6 is 23.2 Å². The lowest BCUT2D eigenvalue weighted by molar-refractivity contribution is 0.0697. The van der Waals surface area contributed by atoms with Crippen LogP contribution < -0.4 is 0 Å². The zero-order valence-electron chi connectivity index (χ0n) is 6.71. The standard InChI is InChI=1S/C8H4Cl2N2O2/c9-5-3(7(13)14)1-2-4-6(5)12-8(10)11-4/h1-2H,(H,11,12)(H,13,14). The molecule has 0 bridgehead atoms. The number of carboxylic acids is 1. The molecule has 0 unspecified atom stereocenters. The molecule has 1 aromatic carbocycles. The molecule has 0 aliphatic rings. The number of hydrogen-bond acceptors (Lipinski definition) is 2. The summed E-state index contributed by atoms with van der Waals surface area (Å²) in [6.45, 7) is 0. The summed E-state index contributed by atoms with van der Waals surface area (Å²) in [6, 6.07) is 2.98. The third kappa shape index (κ3) is 1.32. The molecule has 72 valence electrons. The van der Waals surface area contributed by atoms with E-state index in [1.807, 2.05) is 0 Å². The van der Waals surface area contributed by atoms with Crippen molar-refractivity contribution >= 4 is 40.2 Å². The van der Waals surface area contributed by atoms with Gasteiger partial charge in [0.15, 0.2) is 0 Å². The highest BCUT2D eigenvalue weighted by atomic mass is 35.5. The van der Waals surface area contributed by atoms with Gasteiger partial charge in [-0.3, -0.25) is 0 Å². The highest BCUT2D eigenvalue weighted by Gasteiger charge is 2.13. The Balaban J connectivity index is 2.80. The van der Waals surface area contributed by atoms with Gasteiger partial charge in [-0.25, -0.2) is 9.78 Å². The number of carbonyl (C=O) groups is 1.